The predicted molar refractivity (Wildman–Crippen MR) is 79.7 cm³/mol. The maximum absolute atomic E-state index is 13.8. The molecule has 0 amide bonds. The van der Waals surface area contributed by atoms with Gasteiger partial charge in [-0.05, 0) is 54.6 Å². The lowest BCUT2D eigenvalue weighted by atomic mass is 9.74. The van der Waals surface area contributed by atoms with Gasteiger partial charge in [-0.2, -0.15) is 0 Å². The van der Waals surface area contributed by atoms with Gasteiger partial charge < -0.3 is 0 Å². The van der Waals surface area contributed by atoms with Crippen LogP contribution in [0.5, 0.6) is 0 Å². The van der Waals surface area contributed by atoms with Crippen molar-refractivity contribution >= 4 is 0 Å². The van der Waals surface area contributed by atoms with Crippen LogP contribution in [0, 0.1) is 23.6 Å². The normalized spacial score (nSPS) is 25.5. The Kier molecular flexibility index (Phi) is 5.01. The molecule has 0 spiro atoms. The fourth-order valence-corrected chi connectivity index (χ4v) is 3.59. The summed E-state index contributed by atoms with van der Waals surface area (Å²) in [7, 11) is 0. The fraction of sp³-hybridized carbons (Fsp3) is 0.667. The fourth-order valence-electron chi connectivity index (χ4n) is 3.59. The number of hydrogen-bond donors (Lipinski definition) is 0. The third-order valence-corrected chi connectivity index (χ3v) is 4.96. The van der Waals surface area contributed by atoms with E-state index in [0.717, 1.165) is 29.7 Å². The topological polar surface area (TPSA) is 0 Å². The van der Waals surface area contributed by atoms with E-state index in [2.05, 4.69) is 20.8 Å². The summed E-state index contributed by atoms with van der Waals surface area (Å²) in [6.45, 7) is 6.85. The summed E-state index contributed by atoms with van der Waals surface area (Å²) < 4.78 is 13.8. The molecule has 0 bridgehead atoms. The van der Waals surface area contributed by atoms with Crippen LogP contribution in [0.25, 0.3) is 0 Å². The van der Waals surface area contributed by atoms with Crippen LogP contribution in [0.2, 0.25) is 0 Å². The summed E-state index contributed by atoms with van der Waals surface area (Å²) in [5, 5.41) is 0. The molecular formula is C18H27F. The van der Waals surface area contributed by atoms with Crippen molar-refractivity contribution in [2.24, 2.45) is 17.8 Å². The minimum atomic E-state index is -0.0362. The first kappa shape index (κ1) is 14.6. The first-order valence-electron chi connectivity index (χ1n) is 7.82. The predicted octanol–water partition coefficient (Wildman–Crippen LogP) is 5.78. The maximum atomic E-state index is 13.8. The van der Waals surface area contributed by atoms with Crippen molar-refractivity contribution in [1.29, 1.82) is 0 Å². The summed E-state index contributed by atoms with van der Waals surface area (Å²) in [6, 6.07) is 7.26. The van der Waals surface area contributed by atoms with Gasteiger partial charge in [0.05, 0.1) is 0 Å². The number of hydrogen-bond acceptors (Lipinski definition) is 0. The van der Waals surface area contributed by atoms with E-state index >= 15 is 0 Å². The average molecular weight is 262 g/mol. The summed E-state index contributed by atoms with van der Waals surface area (Å²) in [5.41, 5.74) is 0.897. The van der Waals surface area contributed by atoms with Gasteiger partial charge in [0.25, 0.3) is 0 Å². The second-order valence-corrected chi connectivity index (χ2v) is 6.68. The molecule has 0 nitrogen and oxygen atoms in total. The van der Waals surface area contributed by atoms with Crippen LogP contribution in [0.15, 0.2) is 24.3 Å². The van der Waals surface area contributed by atoms with E-state index < -0.39 is 0 Å². The van der Waals surface area contributed by atoms with Crippen molar-refractivity contribution in [2.75, 3.05) is 0 Å². The van der Waals surface area contributed by atoms with Crippen LogP contribution in [0.1, 0.15) is 64.4 Å². The number of halogens is 1. The molecule has 1 aromatic rings. The zero-order valence-electron chi connectivity index (χ0n) is 12.5. The third kappa shape index (κ3) is 3.81. The Morgan fingerprint density at radius 2 is 1.68 bits per heavy atom. The molecule has 0 saturated heterocycles. The summed E-state index contributed by atoms with van der Waals surface area (Å²) in [5.74, 6) is 2.85. The highest BCUT2D eigenvalue weighted by molar-refractivity contribution is 5.21. The highest BCUT2D eigenvalue weighted by Gasteiger charge is 2.25. The first-order chi connectivity index (χ1) is 9.08. The van der Waals surface area contributed by atoms with Crippen molar-refractivity contribution < 1.29 is 4.39 Å². The smallest absolute Gasteiger partial charge is 0.126 e. The van der Waals surface area contributed by atoms with Crippen molar-refractivity contribution in [1.82, 2.24) is 0 Å². The van der Waals surface area contributed by atoms with E-state index in [-0.39, 0.29) is 5.82 Å². The van der Waals surface area contributed by atoms with Crippen LogP contribution < -0.4 is 0 Å². The van der Waals surface area contributed by atoms with Gasteiger partial charge in [0.2, 0.25) is 0 Å². The number of benzene rings is 1. The third-order valence-electron chi connectivity index (χ3n) is 4.96. The van der Waals surface area contributed by atoms with Gasteiger partial charge in [0, 0.05) is 0 Å². The zero-order valence-corrected chi connectivity index (χ0v) is 12.5. The van der Waals surface area contributed by atoms with Gasteiger partial charge >= 0.3 is 0 Å². The Labute approximate surface area is 117 Å². The minimum Gasteiger partial charge on any atom is -0.207 e. The van der Waals surface area contributed by atoms with Crippen molar-refractivity contribution in [2.45, 2.75) is 58.8 Å². The minimum absolute atomic E-state index is 0.0362. The molecule has 1 aliphatic carbocycles. The molecule has 0 N–H and O–H groups in total. The maximum Gasteiger partial charge on any atom is 0.126 e. The van der Waals surface area contributed by atoms with Crippen LogP contribution in [-0.4, -0.2) is 0 Å². The Balaban J connectivity index is 1.87. The molecule has 1 unspecified atom stereocenters. The van der Waals surface area contributed by atoms with Crippen LogP contribution in [0.4, 0.5) is 4.39 Å². The van der Waals surface area contributed by atoms with E-state index in [1.165, 1.54) is 25.7 Å². The quantitative estimate of drug-likeness (QED) is 0.645. The Hall–Kier alpha value is -0.850. The lowest BCUT2D eigenvalue weighted by Crippen LogP contribution is -2.19. The van der Waals surface area contributed by atoms with Gasteiger partial charge in [0.1, 0.15) is 5.82 Å². The molecule has 19 heavy (non-hydrogen) atoms. The molecule has 0 aromatic heterocycles. The Bertz CT molecular complexity index is 388. The monoisotopic (exact) mass is 262 g/mol. The Morgan fingerprint density at radius 1 is 1.05 bits per heavy atom. The molecule has 1 fully saturated rings. The van der Waals surface area contributed by atoms with Crippen LogP contribution >= 0.6 is 0 Å². The number of rotatable bonds is 4. The van der Waals surface area contributed by atoms with E-state index in [1.54, 1.807) is 12.1 Å². The van der Waals surface area contributed by atoms with Crippen molar-refractivity contribution in [3.8, 4) is 0 Å². The summed E-state index contributed by atoms with van der Waals surface area (Å²) >= 11 is 0. The highest BCUT2D eigenvalue weighted by Crippen LogP contribution is 2.38. The lowest BCUT2D eigenvalue weighted by Gasteiger charge is -2.32. The van der Waals surface area contributed by atoms with Crippen LogP contribution in [-0.2, 0) is 0 Å². The van der Waals surface area contributed by atoms with E-state index in [9.17, 15) is 4.39 Å². The highest BCUT2D eigenvalue weighted by atomic mass is 19.1. The van der Waals surface area contributed by atoms with Crippen LogP contribution in [0.3, 0.4) is 0 Å². The van der Waals surface area contributed by atoms with Gasteiger partial charge in [-0.1, -0.05) is 51.8 Å². The van der Waals surface area contributed by atoms with E-state index in [0.29, 0.717) is 5.92 Å². The molecule has 0 heterocycles. The van der Waals surface area contributed by atoms with E-state index in [1.807, 2.05) is 12.1 Å². The molecule has 1 heteroatoms. The second-order valence-electron chi connectivity index (χ2n) is 6.68. The van der Waals surface area contributed by atoms with Gasteiger partial charge in [-0.3, -0.25) is 0 Å². The molecule has 1 aliphatic rings. The average Bonchev–Trinajstić information content (AvgIpc) is 2.39. The zero-order chi connectivity index (χ0) is 13.8. The summed E-state index contributed by atoms with van der Waals surface area (Å²) in [6.07, 6.45) is 6.55. The van der Waals surface area contributed by atoms with Gasteiger partial charge in [0.15, 0.2) is 0 Å². The van der Waals surface area contributed by atoms with Gasteiger partial charge in [-0.15, -0.1) is 0 Å². The molecule has 106 valence electrons. The molecule has 2 rings (SSSR count). The lowest BCUT2D eigenvalue weighted by molar-refractivity contribution is 0.211. The molecule has 0 radical (unpaired) electrons. The molecular weight excluding hydrogens is 235 g/mol. The summed E-state index contributed by atoms with van der Waals surface area (Å²) in [4.78, 5) is 0. The standard InChI is InChI=1S/C18H27F/c1-13(2)16-10-8-15(9-11-16)12-14(3)17-6-4-5-7-18(17)19/h4-7,13-16H,8-12H2,1-3H3. The van der Waals surface area contributed by atoms with Gasteiger partial charge in [-0.25, -0.2) is 4.39 Å². The Morgan fingerprint density at radius 3 is 2.26 bits per heavy atom. The van der Waals surface area contributed by atoms with Crippen molar-refractivity contribution in [3.05, 3.63) is 35.6 Å². The molecule has 0 aliphatic heterocycles. The first-order valence-corrected chi connectivity index (χ1v) is 7.82. The molecule has 1 saturated carbocycles. The second kappa shape index (κ2) is 6.54. The van der Waals surface area contributed by atoms with E-state index in [4.69, 9.17) is 0 Å². The SMILES string of the molecule is CC(CC1CCC(C(C)C)CC1)c1ccccc1F. The van der Waals surface area contributed by atoms with Crippen molar-refractivity contribution in [3.63, 3.8) is 0 Å². The molecule has 1 aromatic carbocycles. The largest absolute Gasteiger partial charge is 0.207 e. The molecule has 1 atom stereocenters.